The quantitative estimate of drug-likeness (QED) is 0.786. The van der Waals surface area contributed by atoms with Gasteiger partial charge in [0.25, 0.3) is 0 Å². The van der Waals surface area contributed by atoms with Gasteiger partial charge in [-0.1, -0.05) is 0 Å². The zero-order chi connectivity index (χ0) is 12.3. The fourth-order valence-corrected chi connectivity index (χ4v) is 2.42. The van der Waals surface area contributed by atoms with Crippen LogP contribution in [0.1, 0.15) is 18.3 Å². The third kappa shape index (κ3) is 2.83. The van der Waals surface area contributed by atoms with Crippen molar-refractivity contribution in [1.29, 1.82) is 0 Å². The first-order valence-corrected chi connectivity index (χ1v) is 6.48. The first-order valence-electron chi connectivity index (χ1n) is 5.41. The lowest BCUT2D eigenvalue weighted by Crippen LogP contribution is -2.18. The molecule has 0 radical (unpaired) electrons. The van der Waals surface area contributed by atoms with Crippen LogP contribution in [0.2, 0.25) is 0 Å². The van der Waals surface area contributed by atoms with Crippen LogP contribution in [-0.4, -0.2) is 27.4 Å². The van der Waals surface area contributed by atoms with E-state index >= 15 is 0 Å². The lowest BCUT2D eigenvalue weighted by Gasteiger charge is -2.25. The molecule has 0 amide bonds. The van der Waals surface area contributed by atoms with Crippen molar-refractivity contribution in [2.45, 2.75) is 12.7 Å². The fraction of sp³-hybridized carbons (Fsp3) is 0.500. The predicted molar refractivity (Wildman–Crippen MR) is 71.5 cm³/mol. The molecule has 0 atom stereocenters. The monoisotopic (exact) mass is 350 g/mol. The van der Waals surface area contributed by atoms with Crippen molar-refractivity contribution >= 4 is 22.6 Å². The molecule has 17 heavy (non-hydrogen) atoms. The van der Waals surface area contributed by atoms with Crippen LogP contribution in [0, 0.1) is 3.57 Å². The summed E-state index contributed by atoms with van der Waals surface area (Å²) in [7, 11) is 3.25. The second kappa shape index (κ2) is 5.88. The minimum absolute atomic E-state index is 0.359. The minimum Gasteiger partial charge on any atom is -0.493 e. The molecule has 1 heterocycles. The molecule has 94 valence electrons. The van der Waals surface area contributed by atoms with E-state index in [0.29, 0.717) is 24.7 Å². The Kier molecular flexibility index (Phi) is 4.47. The number of halogens is 1. The molecule has 1 aliphatic heterocycles. The maximum Gasteiger partial charge on any atom is 0.187 e. The summed E-state index contributed by atoms with van der Waals surface area (Å²) >= 11 is 2.24. The SMILES string of the molecule is COc1cc(I)cc(C2OCCCO2)c1OC. The molecular formula is C12H15IO4. The molecule has 1 aromatic carbocycles. The van der Waals surface area contributed by atoms with Gasteiger partial charge in [-0.05, 0) is 41.1 Å². The number of benzene rings is 1. The summed E-state index contributed by atoms with van der Waals surface area (Å²) in [6, 6.07) is 3.92. The highest BCUT2D eigenvalue weighted by atomic mass is 127. The molecule has 0 spiro atoms. The Balaban J connectivity index is 2.39. The molecule has 0 N–H and O–H groups in total. The van der Waals surface area contributed by atoms with Crippen LogP contribution < -0.4 is 9.47 Å². The molecule has 0 aliphatic carbocycles. The summed E-state index contributed by atoms with van der Waals surface area (Å²) in [5.41, 5.74) is 0.885. The van der Waals surface area contributed by atoms with Crippen molar-refractivity contribution in [1.82, 2.24) is 0 Å². The Bertz CT molecular complexity index is 388. The van der Waals surface area contributed by atoms with E-state index in [1.54, 1.807) is 14.2 Å². The van der Waals surface area contributed by atoms with E-state index in [2.05, 4.69) is 22.6 Å². The Labute approximate surface area is 114 Å². The third-order valence-electron chi connectivity index (χ3n) is 2.55. The summed E-state index contributed by atoms with van der Waals surface area (Å²) in [6.45, 7) is 1.42. The number of hydrogen-bond acceptors (Lipinski definition) is 4. The van der Waals surface area contributed by atoms with Crippen LogP contribution in [0.3, 0.4) is 0 Å². The largest absolute Gasteiger partial charge is 0.493 e. The lowest BCUT2D eigenvalue weighted by atomic mass is 10.1. The number of methoxy groups -OCH3 is 2. The molecule has 0 saturated carbocycles. The average molecular weight is 350 g/mol. The molecule has 1 saturated heterocycles. The lowest BCUT2D eigenvalue weighted by molar-refractivity contribution is -0.183. The molecule has 0 bridgehead atoms. The average Bonchev–Trinajstić information content (AvgIpc) is 2.38. The molecule has 5 heteroatoms. The van der Waals surface area contributed by atoms with E-state index in [1.807, 2.05) is 12.1 Å². The number of hydrogen-bond donors (Lipinski definition) is 0. The summed E-state index contributed by atoms with van der Waals surface area (Å²) in [5, 5.41) is 0. The summed E-state index contributed by atoms with van der Waals surface area (Å²) in [5.74, 6) is 1.38. The fourth-order valence-electron chi connectivity index (χ4n) is 1.80. The highest BCUT2D eigenvalue weighted by Gasteiger charge is 2.23. The van der Waals surface area contributed by atoms with Gasteiger partial charge >= 0.3 is 0 Å². The van der Waals surface area contributed by atoms with Crippen molar-refractivity contribution in [3.05, 3.63) is 21.3 Å². The van der Waals surface area contributed by atoms with Gasteiger partial charge in [-0.15, -0.1) is 0 Å². The zero-order valence-corrected chi connectivity index (χ0v) is 12.0. The first kappa shape index (κ1) is 12.9. The molecule has 2 rings (SSSR count). The molecule has 1 aromatic rings. The van der Waals surface area contributed by atoms with Crippen LogP contribution in [0.4, 0.5) is 0 Å². The van der Waals surface area contributed by atoms with Gasteiger partial charge in [-0.25, -0.2) is 0 Å². The van der Waals surface area contributed by atoms with Gasteiger partial charge in [0.1, 0.15) is 0 Å². The van der Waals surface area contributed by atoms with Crippen molar-refractivity contribution in [3.63, 3.8) is 0 Å². The van der Waals surface area contributed by atoms with E-state index in [-0.39, 0.29) is 6.29 Å². The molecule has 1 aliphatic rings. The normalized spacial score (nSPS) is 16.9. The molecule has 0 aromatic heterocycles. The second-order valence-corrected chi connectivity index (χ2v) is 4.90. The van der Waals surface area contributed by atoms with E-state index in [9.17, 15) is 0 Å². The highest BCUT2D eigenvalue weighted by Crippen LogP contribution is 2.39. The topological polar surface area (TPSA) is 36.9 Å². The summed E-state index contributed by atoms with van der Waals surface area (Å²) < 4.78 is 23.0. The second-order valence-electron chi connectivity index (χ2n) is 3.66. The van der Waals surface area contributed by atoms with Crippen molar-refractivity contribution in [2.75, 3.05) is 27.4 Å². The first-order chi connectivity index (χ1) is 8.26. The Morgan fingerprint density at radius 3 is 2.47 bits per heavy atom. The van der Waals surface area contributed by atoms with Crippen LogP contribution in [0.5, 0.6) is 11.5 Å². The van der Waals surface area contributed by atoms with E-state index < -0.39 is 0 Å². The van der Waals surface area contributed by atoms with Crippen molar-refractivity contribution in [3.8, 4) is 11.5 Å². The van der Waals surface area contributed by atoms with Crippen molar-refractivity contribution in [2.24, 2.45) is 0 Å². The summed E-state index contributed by atoms with van der Waals surface area (Å²) in [4.78, 5) is 0. The minimum atomic E-state index is -0.359. The van der Waals surface area contributed by atoms with Gasteiger partial charge in [-0.3, -0.25) is 0 Å². The third-order valence-corrected chi connectivity index (χ3v) is 3.18. The van der Waals surface area contributed by atoms with E-state index in [0.717, 1.165) is 15.6 Å². The Morgan fingerprint density at radius 2 is 1.88 bits per heavy atom. The smallest absolute Gasteiger partial charge is 0.187 e. The molecular weight excluding hydrogens is 335 g/mol. The Morgan fingerprint density at radius 1 is 1.18 bits per heavy atom. The van der Waals surface area contributed by atoms with Crippen LogP contribution in [0.15, 0.2) is 12.1 Å². The van der Waals surface area contributed by atoms with Gasteiger partial charge in [0.15, 0.2) is 17.8 Å². The predicted octanol–water partition coefficient (Wildman–Crippen LogP) is 2.74. The van der Waals surface area contributed by atoms with E-state index in [4.69, 9.17) is 18.9 Å². The number of ether oxygens (including phenoxy) is 4. The van der Waals surface area contributed by atoms with Gasteiger partial charge < -0.3 is 18.9 Å². The van der Waals surface area contributed by atoms with Gasteiger partial charge in [0.05, 0.1) is 33.0 Å². The summed E-state index contributed by atoms with van der Waals surface area (Å²) in [6.07, 6.45) is 0.571. The van der Waals surface area contributed by atoms with Crippen molar-refractivity contribution < 1.29 is 18.9 Å². The van der Waals surface area contributed by atoms with Gasteiger partial charge in [-0.2, -0.15) is 0 Å². The number of rotatable bonds is 3. The van der Waals surface area contributed by atoms with E-state index in [1.165, 1.54) is 0 Å². The highest BCUT2D eigenvalue weighted by molar-refractivity contribution is 14.1. The molecule has 4 nitrogen and oxygen atoms in total. The zero-order valence-electron chi connectivity index (χ0n) is 9.86. The molecule has 0 unspecified atom stereocenters. The Hall–Kier alpha value is -0.530. The van der Waals surface area contributed by atoms with Gasteiger partial charge in [0.2, 0.25) is 0 Å². The van der Waals surface area contributed by atoms with Crippen LogP contribution in [-0.2, 0) is 9.47 Å². The van der Waals surface area contributed by atoms with Crippen LogP contribution in [0.25, 0.3) is 0 Å². The van der Waals surface area contributed by atoms with Gasteiger partial charge in [0, 0.05) is 3.57 Å². The standard InChI is InChI=1S/C12H15IO4/c1-14-10-7-8(13)6-9(11(10)15-2)12-16-4-3-5-17-12/h6-7,12H,3-5H2,1-2H3. The molecule has 1 fully saturated rings. The van der Waals surface area contributed by atoms with Crippen LogP contribution >= 0.6 is 22.6 Å². The maximum atomic E-state index is 5.60. The maximum absolute atomic E-state index is 5.60.